The van der Waals surface area contributed by atoms with Gasteiger partial charge in [0.1, 0.15) is 0 Å². The molecule has 1 rings (SSSR count). The van der Waals surface area contributed by atoms with Gasteiger partial charge in [0.2, 0.25) is 0 Å². The van der Waals surface area contributed by atoms with Gasteiger partial charge in [-0.1, -0.05) is 27.7 Å². The van der Waals surface area contributed by atoms with Crippen molar-refractivity contribution in [2.45, 2.75) is 58.7 Å². The molecule has 3 atom stereocenters. The van der Waals surface area contributed by atoms with Crippen LogP contribution >= 0.6 is 11.8 Å². The first kappa shape index (κ1) is 15.3. The van der Waals surface area contributed by atoms with E-state index in [-0.39, 0.29) is 0 Å². The number of rotatable bonds is 6. The maximum Gasteiger partial charge on any atom is 0.0247 e. The second-order valence-corrected chi connectivity index (χ2v) is 6.45. The second-order valence-electron chi connectivity index (χ2n) is 5.54. The maximum absolute atomic E-state index is 3.70. The molecule has 1 aliphatic rings. The van der Waals surface area contributed by atoms with Gasteiger partial charge < -0.3 is 5.32 Å². The molecule has 0 spiro atoms. The highest BCUT2D eigenvalue weighted by Gasteiger charge is 2.32. The molecule has 0 aromatic heterocycles. The normalized spacial score (nSPS) is 28.6. The third kappa shape index (κ3) is 4.15. The topological polar surface area (TPSA) is 15.3 Å². The summed E-state index contributed by atoms with van der Waals surface area (Å²) >= 11 is 1.99. The zero-order chi connectivity index (χ0) is 12.8. The molecule has 0 aromatic rings. The maximum atomic E-state index is 3.70. The Morgan fingerprint density at radius 1 is 1.35 bits per heavy atom. The van der Waals surface area contributed by atoms with Gasteiger partial charge in [-0.2, -0.15) is 11.8 Å². The molecular weight excluding hydrogens is 228 g/mol. The van der Waals surface area contributed by atoms with Crippen LogP contribution in [0.3, 0.4) is 0 Å². The van der Waals surface area contributed by atoms with E-state index in [1.807, 2.05) is 11.8 Å². The van der Waals surface area contributed by atoms with Crippen LogP contribution in [0.25, 0.3) is 0 Å². The highest BCUT2D eigenvalue weighted by Crippen LogP contribution is 2.22. The van der Waals surface area contributed by atoms with E-state index in [0.29, 0.717) is 6.04 Å². The minimum atomic E-state index is 0.695. The van der Waals surface area contributed by atoms with Gasteiger partial charge >= 0.3 is 0 Å². The summed E-state index contributed by atoms with van der Waals surface area (Å²) in [5.74, 6) is 2.02. The van der Waals surface area contributed by atoms with Gasteiger partial charge in [-0.05, 0) is 25.0 Å². The molecule has 1 fully saturated rings. The molecule has 1 saturated heterocycles. The average molecular weight is 258 g/mol. The first-order chi connectivity index (χ1) is 8.13. The van der Waals surface area contributed by atoms with E-state index in [1.165, 1.54) is 31.7 Å². The molecule has 1 N–H and O–H groups in total. The number of nitrogens with one attached hydrogen (secondary N) is 1. The lowest BCUT2D eigenvalue weighted by molar-refractivity contribution is 0.0617. The van der Waals surface area contributed by atoms with Crippen molar-refractivity contribution >= 4 is 11.8 Å². The van der Waals surface area contributed by atoms with E-state index in [0.717, 1.165) is 18.0 Å². The Balaban J connectivity index is 2.71. The molecule has 1 heterocycles. The average Bonchev–Trinajstić information content (AvgIpc) is 2.35. The van der Waals surface area contributed by atoms with Crippen LogP contribution in [-0.4, -0.2) is 48.1 Å². The van der Waals surface area contributed by atoms with E-state index in [9.17, 15) is 0 Å². The first-order valence-corrected chi connectivity index (χ1v) is 8.51. The molecule has 3 unspecified atom stereocenters. The summed E-state index contributed by atoms with van der Waals surface area (Å²) in [6.07, 6.45) is 4.75. The number of thioether (sulfide) groups is 1. The largest absolute Gasteiger partial charge is 0.311 e. The minimum absolute atomic E-state index is 0.695. The summed E-state index contributed by atoms with van der Waals surface area (Å²) in [5.41, 5.74) is 0. The zero-order valence-corrected chi connectivity index (χ0v) is 13.0. The van der Waals surface area contributed by atoms with Gasteiger partial charge in [-0.15, -0.1) is 0 Å². The third-order valence-electron chi connectivity index (χ3n) is 4.03. The van der Waals surface area contributed by atoms with Gasteiger partial charge in [0.15, 0.2) is 0 Å². The Kier molecular flexibility index (Phi) is 6.90. The quantitative estimate of drug-likeness (QED) is 0.789. The number of nitrogens with zero attached hydrogens (tertiary/aromatic N) is 1. The molecule has 1 aliphatic heterocycles. The Labute approximate surface area is 112 Å². The van der Waals surface area contributed by atoms with Crippen molar-refractivity contribution in [2.24, 2.45) is 5.92 Å². The lowest BCUT2D eigenvalue weighted by Gasteiger charge is -2.46. The fraction of sp³-hybridized carbons (Fsp3) is 1.00. The predicted octanol–water partition coefficient (Wildman–Crippen LogP) is 2.84. The van der Waals surface area contributed by atoms with E-state index in [2.05, 4.69) is 44.2 Å². The Morgan fingerprint density at radius 3 is 2.53 bits per heavy atom. The van der Waals surface area contributed by atoms with Crippen LogP contribution in [0.15, 0.2) is 0 Å². The molecule has 0 bridgehead atoms. The summed E-state index contributed by atoms with van der Waals surface area (Å²) in [5, 5.41) is 3.70. The zero-order valence-electron chi connectivity index (χ0n) is 12.2. The van der Waals surface area contributed by atoms with Gasteiger partial charge in [-0.25, -0.2) is 0 Å². The van der Waals surface area contributed by atoms with Crippen molar-refractivity contribution in [3.05, 3.63) is 0 Å². The van der Waals surface area contributed by atoms with Crippen molar-refractivity contribution in [1.82, 2.24) is 10.2 Å². The van der Waals surface area contributed by atoms with E-state index >= 15 is 0 Å². The summed E-state index contributed by atoms with van der Waals surface area (Å²) in [6, 6.07) is 2.17. The van der Waals surface area contributed by atoms with E-state index in [1.54, 1.807) is 0 Å². The van der Waals surface area contributed by atoms with Gasteiger partial charge in [0, 0.05) is 37.0 Å². The predicted molar refractivity (Wildman–Crippen MR) is 79.9 cm³/mol. The molecule has 0 aliphatic carbocycles. The van der Waals surface area contributed by atoms with Crippen LogP contribution in [0.1, 0.15) is 40.5 Å². The van der Waals surface area contributed by atoms with Gasteiger partial charge in [-0.3, -0.25) is 4.90 Å². The fourth-order valence-corrected chi connectivity index (χ4v) is 3.62. The molecule has 102 valence electrons. The van der Waals surface area contributed by atoms with Crippen LogP contribution in [0.5, 0.6) is 0 Å². The van der Waals surface area contributed by atoms with Crippen LogP contribution in [0.2, 0.25) is 0 Å². The molecule has 3 heteroatoms. The molecule has 2 nitrogen and oxygen atoms in total. The smallest absolute Gasteiger partial charge is 0.0247 e. The lowest BCUT2D eigenvalue weighted by Crippen LogP contribution is -2.61. The van der Waals surface area contributed by atoms with Crippen molar-refractivity contribution in [3.63, 3.8) is 0 Å². The monoisotopic (exact) mass is 258 g/mol. The van der Waals surface area contributed by atoms with Crippen LogP contribution in [0.4, 0.5) is 0 Å². The number of piperazine rings is 1. The van der Waals surface area contributed by atoms with Crippen LogP contribution in [0, 0.1) is 5.92 Å². The highest BCUT2D eigenvalue weighted by molar-refractivity contribution is 7.98. The standard InChI is InChI=1S/C14H30N2S/c1-6-12-9-16(13(7-2)10-17-5)14(8-15-12)11(3)4/h11-15H,6-10H2,1-5H3. The summed E-state index contributed by atoms with van der Waals surface area (Å²) < 4.78 is 0. The Hall–Kier alpha value is 0.270. The van der Waals surface area contributed by atoms with Crippen molar-refractivity contribution < 1.29 is 0 Å². The van der Waals surface area contributed by atoms with Crippen LogP contribution in [-0.2, 0) is 0 Å². The molecule has 0 saturated carbocycles. The molecule has 17 heavy (non-hydrogen) atoms. The molecular formula is C14H30N2S. The second kappa shape index (κ2) is 7.65. The molecule has 0 amide bonds. The SMILES string of the molecule is CCC1CN(C(CC)CSC)C(C(C)C)CN1. The van der Waals surface area contributed by atoms with Gasteiger partial charge in [0.05, 0.1) is 0 Å². The van der Waals surface area contributed by atoms with Crippen molar-refractivity contribution in [3.8, 4) is 0 Å². The fourth-order valence-electron chi connectivity index (χ4n) is 2.81. The number of hydrogen-bond acceptors (Lipinski definition) is 3. The van der Waals surface area contributed by atoms with Crippen LogP contribution < -0.4 is 5.32 Å². The highest BCUT2D eigenvalue weighted by atomic mass is 32.2. The third-order valence-corrected chi connectivity index (χ3v) is 4.75. The lowest BCUT2D eigenvalue weighted by atomic mass is 9.95. The summed E-state index contributed by atoms with van der Waals surface area (Å²) in [4.78, 5) is 2.78. The minimum Gasteiger partial charge on any atom is -0.311 e. The molecule has 0 aromatic carbocycles. The van der Waals surface area contributed by atoms with E-state index in [4.69, 9.17) is 0 Å². The van der Waals surface area contributed by atoms with Gasteiger partial charge in [0.25, 0.3) is 0 Å². The Bertz CT molecular complexity index is 208. The van der Waals surface area contributed by atoms with Crippen molar-refractivity contribution in [2.75, 3.05) is 25.1 Å². The van der Waals surface area contributed by atoms with E-state index < -0.39 is 0 Å². The summed E-state index contributed by atoms with van der Waals surface area (Å²) in [6.45, 7) is 11.7. The van der Waals surface area contributed by atoms with Crippen molar-refractivity contribution in [1.29, 1.82) is 0 Å². The Morgan fingerprint density at radius 2 is 2.06 bits per heavy atom. The summed E-state index contributed by atoms with van der Waals surface area (Å²) in [7, 11) is 0. The number of hydrogen-bond donors (Lipinski definition) is 1. The first-order valence-electron chi connectivity index (χ1n) is 7.12. The molecule has 0 radical (unpaired) electrons.